The van der Waals surface area contributed by atoms with Crippen molar-refractivity contribution in [3.05, 3.63) is 88.6 Å². The Labute approximate surface area is 209 Å². The van der Waals surface area contributed by atoms with Crippen LogP contribution in [0.25, 0.3) is 10.8 Å². The number of halogens is 3. The molecule has 3 aromatic carbocycles. The number of alkyl halides is 3. The summed E-state index contributed by atoms with van der Waals surface area (Å²) in [7, 11) is 2.82. The Morgan fingerprint density at radius 1 is 0.861 bits per heavy atom. The molecule has 4 rings (SSSR count). The molecule has 0 bridgehead atoms. The Balaban J connectivity index is 1.87. The highest BCUT2D eigenvalue weighted by atomic mass is 32.1. The fraction of sp³-hybridized carbons (Fsp3) is 0.185. The largest absolute Gasteiger partial charge is 0.493 e. The van der Waals surface area contributed by atoms with E-state index in [4.69, 9.17) is 9.47 Å². The normalized spacial score (nSPS) is 13.1. The molecule has 0 aliphatic carbocycles. The van der Waals surface area contributed by atoms with E-state index in [9.17, 15) is 22.8 Å². The number of carbonyl (C=O) groups is 2. The minimum atomic E-state index is -5.22. The molecule has 0 unspecified atom stereocenters. The molecule has 0 aliphatic heterocycles. The van der Waals surface area contributed by atoms with Gasteiger partial charge in [0.25, 0.3) is 0 Å². The SMILES string of the molecule is COc1ccc([C@H](Nc2ccc3ccccc3c2)[C@H](C(=O)c2cccs2)C(=O)C(F)(F)F)cc1OC. The Bertz CT molecular complexity index is 1390. The van der Waals surface area contributed by atoms with Gasteiger partial charge in [0.15, 0.2) is 17.3 Å². The third kappa shape index (κ3) is 5.21. The number of benzene rings is 3. The molecule has 5 nitrogen and oxygen atoms in total. The molecule has 0 aliphatic rings. The molecule has 2 atom stereocenters. The van der Waals surface area contributed by atoms with Gasteiger partial charge in [-0.3, -0.25) is 9.59 Å². The maximum atomic E-state index is 13.8. The van der Waals surface area contributed by atoms with Crippen LogP contribution >= 0.6 is 11.3 Å². The smallest absolute Gasteiger partial charge is 0.450 e. The van der Waals surface area contributed by atoms with Gasteiger partial charge in [0.05, 0.1) is 25.1 Å². The summed E-state index contributed by atoms with van der Waals surface area (Å²) < 4.78 is 52.0. The van der Waals surface area contributed by atoms with Crippen molar-refractivity contribution in [3.63, 3.8) is 0 Å². The van der Waals surface area contributed by atoms with Gasteiger partial charge < -0.3 is 14.8 Å². The van der Waals surface area contributed by atoms with Crippen molar-refractivity contribution in [2.24, 2.45) is 5.92 Å². The number of rotatable bonds is 9. The van der Waals surface area contributed by atoms with Crippen LogP contribution in [0.2, 0.25) is 0 Å². The lowest BCUT2D eigenvalue weighted by atomic mass is 9.84. The molecule has 0 saturated heterocycles. The highest BCUT2D eigenvalue weighted by Gasteiger charge is 2.50. The van der Waals surface area contributed by atoms with E-state index in [0.717, 1.165) is 22.1 Å². The summed E-state index contributed by atoms with van der Waals surface area (Å²) in [6, 6.07) is 18.9. The van der Waals surface area contributed by atoms with E-state index in [0.29, 0.717) is 11.4 Å². The van der Waals surface area contributed by atoms with Crippen molar-refractivity contribution in [2.45, 2.75) is 12.2 Å². The van der Waals surface area contributed by atoms with E-state index in [1.54, 1.807) is 23.6 Å². The van der Waals surface area contributed by atoms with Gasteiger partial charge in [-0.15, -0.1) is 11.3 Å². The van der Waals surface area contributed by atoms with Crippen LogP contribution in [0.15, 0.2) is 78.2 Å². The molecule has 0 saturated carbocycles. The molecule has 9 heteroatoms. The Kier molecular flexibility index (Phi) is 7.30. The quantitative estimate of drug-likeness (QED) is 0.199. The van der Waals surface area contributed by atoms with Crippen molar-refractivity contribution < 1.29 is 32.2 Å². The highest BCUT2D eigenvalue weighted by molar-refractivity contribution is 7.12. The van der Waals surface area contributed by atoms with Crippen LogP contribution in [0.5, 0.6) is 11.5 Å². The average Bonchev–Trinajstić information content (AvgIpc) is 3.42. The summed E-state index contributed by atoms with van der Waals surface area (Å²) in [5.74, 6) is -4.52. The second-order valence-electron chi connectivity index (χ2n) is 7.98. The summed E-state index contributed by atoms with van der Waals surface area (Å²) in [5, 5.41) is 6.39. The van der Waals surface area contributed by atoms with E-state index in [1.807, 2.05) is 30.3 Å². The van der Waals surface area contributed by atoms with E-state index in [2.05, 4.69) is 5.32 Å². The van der Waals surface area contributed by atoms with E-state index in [-0.39, 0.29) is 16.2 Å². The zero-order valence-electron chi connectivity index (χ0n) is 19.3. The molecule has 36 heavy (non-hydrogen) atoms. The maximum Gasteiger partial charge on any atom is 0.450 e. The second-order valence-corrected chi connectivity index (χ2v) is 8.93. The van der Waals surface area contributed by atoms with Crippen molar-refractivity contribution >= 4 is 39.4 Å². The number of Topliss-reactive ketones (excluding diaryl/α,β-unsaturated/α-hetero) is 2. The summed E-state index contributed by atoms with van der Waals surface area (Å²) in [5.41, 5.74) is 0.709. The van der Waals surface area contributed by atoms with E-state index < -0.39 is 29.7 Å². The zero-order chi connectivity index (χ0) is 25.9. The lowest BCUT2D eigenvalue weighted by Gasteiger charge is -2.28. The van der Waals surface area contributed by atoms with Gasteiger partial charge >= 0.3 is 6.18 Å². The number of ketones is 2. The van der Waals surface area contributed by atoms with E-state index in [1.165, 1.54) is 38.5 Å². The summed E-state index contributed by atoms with van der Waals surface area (Å²) in [6.45, 7) is 0. The molecule has 0 spiro atoms. The number of hydrogen-bond acceptors (Lipinski definition) is 6. The standard InChI is InChI=1S/C27H22F3NO4S/c1-34-20-12-10-18(15-21(20)35-2)24(31-19-11-9-16-6-3-4-7-17(16)14-19)23(26(33)27(28,29)30)25(32)22-8-5-13-36-22/h3-15,23-24,31H,1-2H3/t23-,24+/m1/s1. The first-order valence-corrected chi connectivity index (χ1v) is 11.8. The van der Waals surface area contributed by atoms with Crippen LogP contribution in [0.4, 0.5) is 18.9 Å². The number of methoxy groups -OCH3 is 2. The number of anilines is 1. The van der Waals surface area contributed by atoms with Gasteiger partial charge in [-0.25, -0.2) is 0 Å². The van der Waals surface area contributed by atoms with Crippen molar-refractivity contribution in [1.82, 2.24) is 0 Å². The lowest BCUT2D eigenvalue weighted by Crippen LogP contribution is -2.41. The third-order valence-corrected chi connectivity index (χ3v) is 6.66. The first-order valence-electron chi connectivity index (χ1n) is 10.9. The molecule has 4 aromatic rings. The van der Waals surface area contributed by atoms with Crippen LogP contribution in [-0.2, 0) is 4.79 Å². The fourth-order valence-electron chi connectivity index (χ4n) is 4.03. The lowest BCUT2D eigenvalue weighted by molar-refractivity contribution is -0.174. The Hall–Kier alpha value is -3.85. The summed E-state index contributed by atoms with van der Waals surface area (Å²) >= 11 is 0.980. The number of thiophene rings is 1. The minimum Gasteiger partial charge on any atom is -0.493 e. The number of hydrogen-bond donors (Lipinski definition) is 1. The molecule has 186 valence electrons. The minimum absolute atomic E-state index is 0.0587. The van der Waals surface area contributed by atoms with Crippen LogP contribution in [0, 0.1) is 5.92 Å². The fourth-order valence-corrected chi connectivity index (χ4v) is 4.74. The monoisotopic (exact) mass is 513 g/mol. The molecule has 1 N–H and O–H groups in total. The van der Waals surface area contributed by atoms with Crippen molar-refractivity contribution in [1.29, 1.82) is 0 Å². The first-order chi connectivity index (χ1) is 17.2. The van der Waals surface area contributed by atoms with Crippen LogP contribution in [-0.4, -0.2) is 32.0 Å². The Morgan fingerprint density at radius 3 is 2.22 bits per heavy atom. The molecular weight excluding hydrogens is 491 g/mol. The molecule has 1 aromatic heterocycles. The zero-order valence-corrected chi connectivity index (χ0v) is 20.2. The van der Waals surface area contributed by atoms with Gasteiger partial charge in [0.2, 0.25) is 5.78 Å². The summed E-state index contributed by atoms with van der Waals surface area (Å²) in [4.78, 5) is 26.2. The van der Waals surface area contributed by atoms with Crippen LogP contribution in [0.3, 0.4) is 0 Å². The number of nitrogens with one attached hydrogen (secondary N) is 1. The highest BCUT2D eigenvalue weighted by Crippen LogP contribution is 2.39. The maximum absolute atomic E-state index is 13.8. The molecule has 0 fully saturated rings. The molecule has 1 heterocycles. The average molecular weight is 514 g/mol. The van der Waals surface area contributed by atoms with Crippen LogP contribution in [0.1, 0.15) is 21.3 Å². The Morgan fingerprint density at radius 2 is 1.58 bits per heavy atom. The predicted molar refractivity (Wildman–Crippen MR) is 133 cm³/mol. The van der Waals surface area contributed by atoms with Gasteiger partial charge in [-0.2, -0.15) is 13.2 Å². The summed E-state index contributed by atoms with van der Waals surface area (Å²) in [6.07, 6.45) is -5.22. The molecule has 0 radical (unpaired) electrons. The number of fused-ring (bicyclic) bond motifs is 1. The van der Waals surface area contributed by atoms with E-state index >= 15 is 0 Å². The molecule has 0 amide bonds. The van der Waals surface area contributed by atoms with Crippen LogP contribution < -0.4 is 14.8 Å². The van der Waals surface area contributed by atoms with Gasteiger partial charge in [-0.1, -0.05) is 42.5 Å². The predicted octanol–water partition coefficient (Wildman–Crippen LogP) is 6.70. The third-order valence-electron chi connectivity index (χ3n) is 5.78. The van der Waals surface area contributed by atoms with Gasteiger partial charge in [0.1, 0.15) is 5.92 Å². The van der Waals surface area contributed by atoms with Gasteiger partial charge in [-0.05, 0) is 52.0 Å². The van der Waals surface area contributed by atoms with Crippen molar-refractivity contribution in [2.75, 3.05) is 19.5 Å². The van der Waals surface area contributed by atoms with Gasteiger partial charge in [0, 0.05) is 5.69 Å². The first kappa shape index (κ1) is 25.2. The topological polar surface area (TPSA) is 64.6 Å². The molecular formula is C27H22F3NO4S. The number of ether oxygens (including phenoxy) is 2. The van der Waals surface area contributed by atoms with Crippen molar-refractivity contribution in [3.8, 4) is 11.5 Å². The number of carbonyl (C=O) groups excluding carboxylic acids is 2. The second kappa shape index (κ2) is 10.4.